The van der Waals surface area contributed by atoms with Gasteiger partial charge in [0.1, 0.15) is 5.75 Å². The smallest absolute Gasteiger partial charge is 0.222 e. The van der Waals surface area contributed by atoms with Crippen LogP contribution >= 0.6 is 0 Å². The van der Waals surface area contributed by atoms with Crippen molar-refractivity contribution in [2.45, 2.75) is 72.3 Å². The quantitative estimate of drug-likeness (QED) is 0.493. The van der Waals surface area contributed by atoms with E-state index in [0.29, 0.717) is 32.4 Å². The number of hydrogen-bond acceptors (Lipinski definition) is 3. The van der Waals surface area contributed by atoms with E-state index in [1.54, 1.807) is 0 Å². The van der Waals surface area contributed by atoms with Gasteiger partial charge in [0.15, 0.2) is 0 Å². The third-order valence-corrected chi connectivity index (χ3v) is 4.29. The molecule has 0 radical (unpaired) electrons. The van der Waals surface area contributed by atoms with Gasteiger partial charge in [-0.2, -0.15) is 0 Å². The van der Waals surface area contributed by atoms with Gasteiger partial charge >= 0.3 is 0 Å². The molecule has 0 bridgehead atoms. The highest BCUT2D eigenvalue weighted by molar-refractivity contribution is 5.79. The number of ether oxygens (including phenoxy) is 1. The van der Waals surface area contributed by atoms with E-state index in [4.69, 9.17) is 4.74 Å². The summed E-state index contributed by atoms with van der Waals surface area (Å²) in [5, 5.41) is 2.93. The van der Waals surface area contributed by atoms with Crippen LogP contribution in [0.1, 0.15) is 71.3 Å². The first-order valence-electron chi connectivity index (χ1n) is 10.4. The highest BCUT2D eigenvalue weighted by Gasteiger charge is 2.12. The summed E-state index contributed by atoms with van der Waals surface area (Å²) in [5.74, 6) is 0.980. The Kier molecular flexibility index (Phi) is 12.0. The van der Waals surface area contributed by atoms with Crippen molar-refractivity contribution < 1.29 is 14.3 Å². The highest BCUT2D eigenvalue weighted by Crippen LogP contribution is 2.14. The first-order chi connectivity index (χ1) is 13.1. The zero-order chi connectivity index (χ0) is 19.9. The van der Waals surface area contributed by atoms with Crippen LogP contribution in [0.5, 0.6) is 5.75 Å². The number of nitrogens with one attached hydrogen (secondary N) is 1. The number of nitrogens with zero attached hydrogens (tertiary/aromatic N) is 1. The van der Waals surface area contributed by atoms with Crippen molar-refractivity contribution in [2.24, 2.45) is 0 Å². The fraction of sp³-hybridized carbons (Fsp3) is 0.636. The molecule has 0 fully saturated rings. The summed E-state index contributed by atoms with van der Waals surface area (Å²) in [5.41, 5.74) is 1.02. The van der Waals surface area contributed by atoms with E-state index in [9.17, 15) is 9.59 Å². The highest BCUT2D eigenvalue weighted by atomic mass is 16.5. The van der Waals surface area contributed by atoms with Crippen molar-refractivity contribution in [2.75, 3.05) is 19.7 Å². The molecule has 0 aliphatic carbocycles. The topological polar surface area (TPSA) is 58.6 Å². The molecule has 0 heterocycles. The molecule has 0 unspecified atom stereocenters. The maximum absolute atomic E-state index is 12.2. The van der Waals surface area contributed by atoms with Crippen molar-refractivity contribution in [3.8, 4) is 5.75 Å². The van der Waals surface area contributed by atoms with Crippen LogP contribution in [0.4, 0.5) is 0 Å². The summed E-state index contributed by atoms with van der Waals surface area (Å²) < 4.78 is 5.69. The van der Waals surface area contributed by atoms with Gasteiger partial charge in [-0.1, -0.05) is 39.3 Å². The van der Waals surface area contributed by atoms with Gasteiger partial charge in [0.05, 0.1) is 6.61 Å². The van der Waals surface area contributed by atoms with E-state index >= 15 is 0 Å². The van der Waals surface area contributed by atoms with Crippen LogP contribution in [0, 0.1) is 0 Å². The van der Waals surface area contributed by atoms with Gasteiger partial charge in [-0.3, -0.25) is 9.59 Å². The Morgan fingerprint density at radius 3 is 2.41 bits per heavy atom. The van der Waals surface area contributed by atoms with Crippen molar-refractivity contribution in [3.05, 3.63) is 29.8 Å². The number of hydrogen-bond donors (Lipinski definition) is 1. The van der Waals surface area contributed by atoms with Crippen molar-refractivity contribution in [1.82, 2.24) is 10.2 Å². The van der Waals surface area contributed by atoms with Gasteiger partial charge in [0.25, 0.3) is 0 Å². The van der Waals surface area contributed by atoms with Crippen molar-refractivity contribution in [1.29, 1.82) is 0 Å². The molecule has 0 spiro atoms. The molecule has 5 heteroatoms. The van der Waals surface area contributed by atoms with Crippen LogP contribution in [0.25, 0.3) is 0 Å². The molecular weight excluding hydrogens is 340 g/mol. The van der Waals surface area contributed by atoms with Crippen LogP contribution in [0.3, 0.4) is 0 Å². The van der Waals surface area contributed by atoms with Crippen molar-refractivity contribution >= 4 is 11.8 Å². The van der Waals surface area contributed by atoms with E-state index in [1.165, 1.54) is 0 Å². The lowest BCUT2D eigenvalue weighted by atomic mass is 10.2. The number of carbonyl (C=O) groups excluding carboxylic acids is 2. The Morgan fingerprint density at radius 2 is 1.74 bits per heavy atom. The zero-order valence-electron chi connectivity index (χ0n) is 17.3. The Morgan fingerprint density at radius 1 is 1.00 bits per heavy atom. The molecule has 0 aliphatic rings. The number of benzene rings is 1. The Balaban J connectivity index is 2.30. The average molecular weight is 377 g/mol. The van der Waals surface area contributed by atoms with E-state index in [-0.39, 0.29) is 11.8 Å². The Labute approximate surface area is 164 Å². The van der Waals surface area contributed by atoms with Gasteiger partial charge in [-0.05, 0) is 43.4 Å². The molecule has 1 aromatic rings. The SMILES string of the molecule is CCCCOc1cccc(CNC(=O)CCCC(=O)N(CCC)CCC)c1. The third kappa shape index (κ3) is 10.0. The third-order valence-electron chi connectivity index (χ3n) is 4.29. The fourth-order valence-corrected chi connectivity index (χ4v) is 2.83. The summed E-state index contributed by atoms with van der Waals surface area (Å²) in [7, 11) is 0. The van der Waals surface area contributed by atoms with Crippen LogP contribution in [0.15, 0.2) is 24.3 Å². The van der Waals surface area contributed by atoms with Crippen LogP contribution in [-0.2, 0) is 16.1 Å². The van der Waals surface area contributed by atoms with E-state index in [1.807, 2.05) is 29.2 Å². The molecule has 0 aliphatic heterocycles. The first kappa shape index (κ1) is 23.0. The summed E-state index contributed by atoms with van der Waals surface area (Å²) in [6, 6.07) is 7.82. The summed E-state index contributed by atoms with van der Waals surface area (Å²) >= 11 is 0. The molecule has 1 N–H and O–H groups in total. The second-order valence-corrected chi connectivity index (χ2v) is 6.86. The van der Waals surface area contributed by atoms with Crippen molar-refractivity contribution in [3.63, 3.8) is 0 Å². The zero-order valence-corrected chi connectivity index (χ0v) is 17.3. The maximum Gasteiger partial charge on any atom is 0.222 e. The van der Waals surface area contributed by atoms with E-state index in [0.717, 1.165) is 50.1 Å². The predicted molar refractivity (Wildman–Crippen MR) is 110 cm³/mol. The molecule has 1 rings (SSSR count). The maximum atomic E-state index is 12.2. The molecule has 27 heavy (non-hydrogen) atoms. The predicted octanol–water partition coefficient (Wildman–Crippen LogP) is 4.30. The van der Waals surface area contributed by atoms with E-state index < -0.39 is 0 Å². The van der Waals surface area contributed by atoms with Crippen LogP contribution in [-0.4, -0.2) is 36.4 Å². The lowest BCUT2D eigenvalue weighted by Gasteiger charge is -2.21. The molecule has 5 nitrogen and oxygen atoms in total. The number of unbranched alkanes of at least 4 members (excludes halogenated alkanes) is 1. The van der Waals surface area contributed by atoms with Crippen LogP contribution in [0.2, 0.25) is 0 Å². The number of amides is 2. The Hall–Kier alpha value is -2.04. The lowest BCUT2D eigenvalue weighted by molar-refractivity contribution is -0.131. The normalized spacial score (nSPS) is 10.5. The molecule has 0 saturated carbocycles. The monoisotopic (exact) mass is 376 g/mol. The largest absolute Gasteiger partial charge is 0.494 e. The summed E-state index contributed by atoms with van der Waals surface area (Å²) in [6.45, 7) is 9.09. The van der Waals surface area contributed by atoms with Gasteiger partial charge in [-0.25, -0.2) is 0 Å². The van der Waals surface area contributed by atoms with E-state index in [2.05, 4.69) is 26.1 Å². The molecule has 0 aromatic heterocycles. The summed E-state index contributed by atoms with van der Waals surface area (Å²) in [4.78, 5) is 26.2. The van der Waals surface area contributed by atoms with Gasteiger partial charge in [0, 0.05) is 32.5 Å². The Bertz CT molecular complexity index is 554. The minimum Gasteiger partial charge on any atom is -0.494 e. The molecule has 1 aromatic carbocycles. The molecule has 2 amide bonds. The first-order valence-corrected chi connectivity index (χ1v) is 10.4. The lowest BCUT2D eigenvalue weighted by Crippen LogP contribution is -2.32. The number of rotatable bonds is 14. The van der Waals surface area contributed by atoms with Gasteiger partial charge in [0.2, 0.25) is 11.8 Å². The second-order valence-electron chi connectivity index (χ2n) is 6.86. The molecular formula is C22H36N2O3. The average Bonchev–Trinajstić information content (AvgIpc) is 2.66. The standard InChI is InChI=1S/C22H36N2O3/c1-4-7-16-27-20-11-8-10-19(17-20)18-23-21(25)12-9-13-22(26)24(14-5-2)15-6-3/h8,10-11,17H,4-7,9,12-16,18H2,1-3H3,(H,23,25). The molecule has 0 saturated heterocycles. The minimum absolute atomic E-state index is 0.0161. The fourth-order valence-electron chi connectivity index (χ4n) is 2.83. The minimum atomic E-state index is -0.0161. The van der Waals surface area contributed by atoms with Gasteiger partial charge < -0.3 is 15.0 Å². The summed E-state index contributed by atoms with van der Waals surface area (Å²) in [6.07, 6.45) is 5.48. The van der Waals surface area contributed by atoms with Crippen LogP contribution < -0.4 is 10.1 Å². The molecule has 152 valence electrons. The van der Waals surface area contributed by atoms with Gasteiger partial charge in [-0.15, -0.1) is 0 Å². The second kappa shape index (κ2) is 14.1. The molecule has 0 atom stereocenters. The number of carbonyl (C=O) groups is 2.